The van der Waals surface area contributed by atoms with Crippen LogP contribution >= 0.6 is 15.9 Å². The number of aromatic nitrogens is 2. The Hall–Kier alpha value is -3.31. The molecule has 1 saturated heterocycles. The van der Waals surface area contributed by atoms with Gasteiger partial charge in [0.1, 0.15) is 11.4 Å². The number of hydrazine groups is 1. The van der Waals surface area contributed by atoms with Gasteiger partial charge in [-0.2, -0.15) is 0 Å². The summed E-state index contributed by atoms with van der Waals surface area (Å²) in [6, 6.07) is 6.55. The second kappa shape index (κ2) is 9.05. The van der Waals surface area contributed by atoms with Crippen molar-refractivity contribution in [2.24, 2.45) is 5.84 Å². The molecule has 1 aliphatic heterocycles. The van der Waals surface area contributed by atoms with Crippen LogP contribution in [-0.4, -0.2) is 58.3 Å². The molecule has 0 radical (unpaired) electrons. The van der Waals surface area contributed by atoms with E-state index in [1.54, 1.807) is 43.8 Å². The first-order chi connectivity index (χ1) is 15.4. The SMILES string of the molecule is COc1cccc(C(=O)Nc2c[nH]c3ncc(Br)c(N4CCC[C@@H](N(N)C(=O)O)C4)c23)c1. The maximum absolute atomic E-state index is 12.9. The summed E-state index contributed by atoms with van der Waals surface area (Å²) in [6.07, 6.45) is 3.67. The fraction of sp³-hybridized carbons (Fsp3) is 0.286. The van der Waals surface area contributed by atoms with Crippen molar-refractivity contribution in [1.82, 2.24) is 15.0 Å². The van der Waals surface area contributed by atoms with Gasteiger partial charge in [-0.15, -0.1) is 0 Å². The summed E-state index contributed by atoms with van der Waals surface area (Å²) >= 11 is 3.58. The number of carbonyl (C=O) groups is 2. The summed E-state index contributed by atoms with van der Waals surface area (Å²) in [5.41, 5.74) is 2.46. The molecular formula is C21H23BrN6O4. The molecule has 1 aliphatic rings. The highest BCUT2D eigenvalue weighted by Crippen LogP contribution is 2.39. The molecule has 1 atom stereocenters. The van der Waals surface area contributed by atoms with Crippen molar-refractivity contribution < 1.29 is 19.4 Å². The number of pyridine rings is 1. The van der Waals surface area contributed by atoms with Crippen LogP contribution in [0.15, 0.2) is 41.1 Å². The van der Waals surface area contributed by atoms with Crippen LogP contribution in [0.4, 0.5) is 16.2 Å². The number of carbonyl (C=O) groups excluding carboxylic acids is 1. The summed E-state index contributed by atoms with van der Waals surface area (Å²) in [5.74, 6) is 6.06. The Labute approximate surface area is 192 Å². The number of nitrogens with one attached hydrogen (secondary N) is 2. The topological polar surface area (TPSA) is 137 Å². The maximum atomic E-state index is 12.9. The Morgan fingerprint density at radius 3 is 3.00 bits per heavy atom. The number of anilines is 2. The van der Waals surface area contributed by atoms with Gasteiger partial charge in [-0.3, -0.25) is 4.79 Å². The normalized spacial score (nSPS) is 16.1. The van der Waals surface area contributed by atoms with E-state index in [0.29, 0.717) is 35.6 Å². The number of fused-ring (bicyclic) bond motifs is 1. The van der Waals surface area contributed by atoms with Gasteiger partial charge in [0, 0.05) is 31.0 Å². The molecule has 3 heterocycles. The van der Waals surface area contributed by atoms with Crippen molar-refractivity contribution in [2.45, 2.75) is 18.9 Å². The van der Waals surface area contributed by atoms with Crippen molar-refractivity contribution >= 4 is 50.3 Å². The van der Waals surface area contributed by atoms with Gasteiger partial charge in [-0.05, 0) is 47.0 Å². The minimum absolute atomic E-state index is 0.286. The van der Waals surface area contributed by atoms with Crippen LogP contribution in [0.2, 0.25) is 0 Å². The molecule has 0 bridgehead atoms. The zero-order valence-corrected chi connectivity index (χ0v) is 18.9. The van der Waals surface area contributed by atoms with E-state index >= 15 is 0 Å². The monoisotopic (exact) mass is 502 g/mol. The van der Waals surface area contributed by atoms with Gasteiger partial charge in [0.05, 0.1) is 34.4 Å². The molecule has 3 aromatic rings. The summed E-state index contributed by atoms with van der Waals surface area (Å²) in [5, 5.41) is 13.8. The highest BCUT2D eigenvalue weighted by molar-refractivity contribution is 9.10. The second-order valence-corrected chi connectivity index (χ2v) is 8.35. The third kappa shape index (κ3) is 4.21. The van der Waals surface area contributed by atoms with Crippen LogP contribution in [0.25, 0.3) is 11.0 Å². The smallest absolute Gasteiger partial charge is 0.421 e. The quantitative estimate of drug-likeness (QED) is 0.238. The van der Waals surface area contributed by atoms with Crippen molar-refractivity contribution in [3.05, 3.63) is 46.7 Å². The lowest BCUT2D eigenvalue weighted by atomic mass is 10.0. The number of nitrogens with zero attached hydrogens (tertiary/aromatic N) is 3. The summed E-state index contributed by atoms with van der Waals surface area (Å²) < 4.78 is 5.94. The molecule has 2 amide bonds. The number of H-pyrrole nitrogens is 1. The largest absolute Gasteiger partial charge is 0.497 e. The molecule has 1 fully saturated rings. The van der Waals surface area contributed by atoms with E-state index in [2.05, 4.69) is 36.1 Å². The Morgan fingerprint density at radius 1 is 1.44 bits per heavy atom. The number of halogens is 1. The van der Waals surface area contributed by atoms with E-state index in [9.17, 15) is 14.7 Å². The van der Waals surface area contributed by atoms with Crippen LogP contribution < -0.4 is 20.8 Å². The Morgan fingerprint density at radius 2 is 2.25 bits per heavy atom. The average molecular weight is 503 g/mol. The first-order valence-electron chi connectivity index (χ1n) is 10.0. The van der Waals surface area contributed by atoms with Gasteiger partial charge in [-0.1, -0.05) is 6.07 Å². The van der Waals surface area contributed by atoms with Crippen LogP contribution in [-0.2, 0) is 0 Å². The number of carboxylic acid groups (broad SMARTS) is 1. The maximum Gasteiger partial charge on any atom is 0.421 e. The van der Waals surface area contributed by atoms with Gasteiger partial charge >= 0.3 is 6.09 Å². The molecule has 168 valence electrons. The van der Waals surface area contributed by atoms with Crippen molar-refractivity contribution in [1.29, 1.82) is 0 Å². The van der Waals surface area contributed by atoms with Crippen molar-refractivity contribution in [3.8, 4) is 5.75 Å². The minimum Gasteiger partial charge on any atom is -0.497 e. The van der Waals surface area contributed by atoms with Crippen molar-refractivity contribution in [3.63, 3.8) is 0 Å². The number of nitrogens with two attached hydrogens (primary N) is 1. The molecule has 2 aromatic heterocycles. The van der Waals surface area contributed by atoms with Crippen LogP contribution in [0.1, 0.15) is 23.2 Å². The molecule has 1 aromatic carbocycles. The first-order valence-corrected chi connectivity index (χ1v) is 10.8. The van der Waals surface area contributed by atoms with Gasteiger partial charge < -0.3 is 25.0 Å². The molecule has 0 saturated carbocycles. The van der Waals surface area contributed by atoms with Crippen LogP contribution in [0, 0.1) is 0 Å². The summed E-state index contributed by atoms with van der Waals surface area (Å²) in [6.45, 7) is 1.14. The van der Waals surface area contributed by atoms with E-state index in [1.165, 1.54) is 0 Å². The van der Waals surface area contributed by atoms with E-state index < -0.39 is 6.09 Å². The predicted octanol–water partition coefficient (Wildman–Crippen LogP) is 3.41. The Kier molecular flexibility index (Phi) is 6.19. The molecule has 0 aliphatic carbocycles. The van der Waals surface area contributed by atoms with Gasteiger partial charge in [0.2, 0.25) is 0 Å². The molecule has 11 heteroatoms. The van der Waals surface area contributed by atoms with Crippen molar-refractivity contribution in [2.75, 3.05) is 30.4 Å². The third-order valence-corrected chi connectivity index (χ3v) is 6.12. The van der Waals surface area contributed by atoms with Gasteiger partial charge in [0.15, 0.2) is 0 Å². The molecule has 32 heavy (non-hydrogen) atoms. The number of rotatable bonds is 5. The highest BCUT2D eigenvalue weighted by atomic mass is 79.9. The zero-order valence-electron chi connectivity index (χ0n) is 17.3. The fourth-order valence-corrected chi connectivity index (χ4v) is 4.51. The number of piperidine rings is 1. The lowest BCUT2D eigenvalue weighted by molar-refractivity contribution is 0.102. The number of hydrogen-bond donors (Lipinski definition) is 4. The van der Waals surface area contributed by atoms with Crippen LogP contribution in [0.5, 0.6) is 5.75 Å². The van der Waals surface area contributed by atoms with Gasteiger partial charge in [0.25, 0.3) is 5.91 Å². The standard InChI is InChI=1S/C21H23BrN6O4/c1-32-14-6-2-4-12(8-14)20(29)26-16-10-25-19-17(16)18(15(22)9-24-19)27-7-3-5-13(11-27)28(23)21(30)31/h2,4,6,8-10,13H,3,5,7,11,23H2,1H3,(H,24,25)(H,26,29)(H,30,31)/t13-/m1/s1. The molecule has 5 N–H and O–H groups in total. The number of benzene rings is 1. The zero-order chi connectivity index (χ0) is 22.8. The fourth-order valence-electron chi connectivity index (χ4n) is 3.96. The highest BCUT2D eigenvalue weighted by Gasteiger charge is 2.29. The van der Waals surface area contributed by atoms with E-state index in [-0.39, 0.29) is 11.9 Å². The van der Waals surface area contributed by atoms with Gasteiger partial charge in [-0.25, -0.2) is 20.6 Å². The van der Waals surface area contributed by atoms with Crippen LogP contribution in [0.3, 0.4) is 0 Å². The minimum atomic E-state index is -1.16. The Bertz CT molecular complexity index is 1170. The number of hydrogen-bond acceptors (Lipinski definition) is 6. The lowest BCUT2D eigenvalue weighted by Crippen LogP contribution is -2.53. The number of ether oxygens (including phenoxy) is 1. The molecule has 10 nitrogen and oxygen atoms in total. The summed E-state index contributed by atoms with van der Waals surface area (Å²) in [7, 11) is 1.55. The van der Waals surface area contributed by atoms with E-state index in [0.717, 1.165) is 33.5 Å². The van der Waals surface area contributed by atoms with E-state index in [1.807, 2.05) is 0 Å². The average Bonchev–Trinajstić information content (AvgIpc) is 3.21. The lowest BCUT2D eigenvalue weighted by Gasteiger charge is -2.38. The number of methoxy groups -OCH3 is 1. The third-order valence-electron chi connectivity index (χ3n) is 5.54. The molecule has 0 unspecified atom stereocenters. The predicted molar refractivity (Wildman–Crippen MR) is 124 cm³/mol. The number of aromatic amines is 1. The second-order valence-electron chi connectivity index (χ2n) is 7.50. The molecule has 0 spiro atoms. The first kappa shape index (κ1) is 21.9. The summed E-state index contributed by atoms with van der Waals surface area (Å²) in [4.78, 5) is 33.8. The Balaban J connectivity index is 1.68. The molecular weight excluding hydrogens is 480 g/mol. The molecule has 4 rings (SSSR count). The number of amides is 2. The van der Waals surface area contributed by atoms with E-state index in [4.69, 9.17) is 10.6 Å².